The highest BCUT2D eigenvalue weighted by atomic mass is 16.2. The van der Waals surface area contributed by atoms with Gasteiger partial charge in [-0.3, -0.25) is 4.79 Å². The second-order valence-electron chi connectivity index (χ2n) is 5.22. The van der Waals surface area contributed by atoms with E-state index >= 15 is 0 Å². The molecule has 0 saturated carbocycles. The summed E-state index contributed by atoms with van der Waals surface area (Å²) in [6.07, 6.45) is 2.28. The van der Waals surface area contributed by atoms with Crippen LogP contribution in [0.4, 0.5) is 5.69 Å². The number of hydrogen-bond acceptors (Lipinski definition) is 2. The summed E-state index contributed by atoms with van der Waals surface area (Å²) in [5.41, 5.74) is 3.49. The summed E-state index contributed by atoms with van der Waals surface area (Å²) in [7, 11) is 0. The van der Waals surface area contributed by atoms with E-state index in [-0.39, 0.29) is 11.9 Å². The Kier molecular flexibility index (Phi) is 3.90. The number of carbonyl (C=O) groups is 1. The molecule has 1 amide bonds. The largest absolute Gasteiger partial charge is 0.374 e. The maximum Gasteiger partial charge on any atom is 0.244 e. The van der Waals surface area contributed by atoms with Crippen molar-refractivity contribution in [2.45, 2.75) is 39.7 Å². The number of hydrogen-bond donors (Lipinski definition) is 1. The molecule has 1 aliphatic heterocycles. The monoisotopic (exact) mass is 246 g/mol. The summed E-state index contributed by atoms with van der Waals surface area (Å²) in [5, 5.41) is 3.32. The minimum atomic E-state index is -0.149. The highest BCUT2D eigenvalue weighted by Crippen LogP contribution is 2.18. The van der Waals surface area contributed by atoms with Gasteiger partial charge in [0.25, 0.3) is 0 Å². The van der Waals surface area contributed by atoms with Crippen LogP contribution in [0.15, 0.2) is 18.2 Å². The second-order valence-corrected chi connectivity index (χ2v) is 5.22. The van der Waals surface area contributed by atoms with E-state index < -0.39 is 0 Å². The van der Waals surface area contributed by atoms with Gasteiger partial charge in [-0.15, -0.1) is 0 Å². The molecule has 1 heterocycles. The van der Waals surface area contributed by atoms with Crippen molar-refractivity contribution in [3.05, 3.63) is 29.3 Å². The molecule has 1 N–H and O–H groups in total. The summed E-state index contributed by atoms with van der Waals surface area (Å²) < 4.78 is 0. The smallest absolute Gasteiger partial charge is 0.244 e. The molecule has 98 valence electrons. The Labute approximate surface area is 109 Å². The van der Waals surface area contributed by atoms with E-state index in [1.807, 2.05) is 11.8 Å². The van der Waals surface area contributed by atoms with Crippen LogP contribution in [0, 0.1) is 13.8 Å². The van der Waals surface area contributed by atoms with Crippen LogP contribution in [0.3, 0.4) is 0 Å². The van der Waals surface area contributed by atoms with Gasteiger partial charge in [-0.25, -0.2) is 0 Å². The van der Waals surface area contributed by atoms with Gasteiger partial charge in [0.05, 0.1) is 0 Å². The first kappa shape index (κ1) is 12.9. The third-order valence-electron chi connectivity index (χ3n) is 3.54. The van der Waals surface area contributed by atoms with Crippen molar-refractivity contribution in [1.29, 1.82) is 0 Å². The molecule has 1 unspecified atom stereocenters. The van der Waals surface area contributed by atoms with Crippen molar-refractivity contribution in [2.75, 3.05) is 18.4 Å². The van der Waals surface area contributed by atoms with Gasteiger partial charge in [-0.1, -0.05) is 17.7 Å². The van der Waals surface area contributed by atoms with Crippen LogP contribution < -0.4 is 5.32 Å². The molecular formula is C15H22N2O. The van der Waals surface area contributed by atoms with Crippen molar-refractivity contribution < 1.29 is 4.79 Å². The number of likely N-dealkylation sites (tertiary alicyclic amines) is 1. The maximum atomic E-state index is 12.2. The summed E-state index contributed by atoms with van der Waals surface area (Å²) in [5.74, 6) is 0.215. The molecule has 3 heteroatoms. The van der Waals surface area contributed by atoms with E-state index in [1.54, 1.807) is 0 Å². The van der Waals surface area contributed by atoms with Crippen LogP contribution in [0.25, 0.3) is 0 Å². The van der Waals surface area contributed by atoms with Crippen LogP contribution >= 0.6 is 0 Å². The fraction of sp³-hybridized carbons (Fsp3) is 0.533. The highest BCUT2D eigenvalue weighted by Gasteiger charge is 2.23. The second kappa shape index (κ2) is 5.42. The zero-order chi connectivity index (χ0) is 13.1. The van der Waals surface area contributed by atoms with Crippen molar-refractivity contribution in [2.24, 2.45) is 0 Å². The lowest BCUT2D eigenvalue weighted by Gasteiger charge is -2.22. The molecule has 0 aliphatic carbocycles. The van der Waals surface area contributed by atoms with Crippen molar-refractivity contribution in [3.8, 4) is 0 Å². The highest BCUT2D eigenvalue weighted by molar-refractivity contribution is 5.84. The van der Waals surface area contributed by atoms with Crippen LogP contribution in [0.5, 0.6) is 0 Å². The first-order valence-corrected chi connectivity index (χ1v) is 6.70. The molecule has 1 atom stereocenters. The number of carbonyl (C=O) groups excluding carboxylic acids is 1. The molecule has 1 aromatic rings. The molecule has 0 bridgehead atoms. The first-order chi connectivity index (χ1) is 8.58. The number of rotatable bonds is 3. The standard InChI is InChI=1S/C15H22N2O/c1-11-6-7-14(12(2)10-11)16-13(3)15(18)17-8-4-5-9-17/h6-7,10,13,16H,4-5,8-9H2,1-3H3. The molecule has 0 radical (unpaired) electrons. The number of anilines is 1. The molecule has 2 rings (SSSR count). The van der Waals surface area contributed by atoms with Gasteiger partial charge in [0, 0.05) is 18.8 Å². The Balaban J connectivity index is 2.01. The van der Waals surface area contributed by atoms with E-state index in [0.717, 1.165) is 31.6 Å². The minimum absolute atomic E-state index is 0.149. The van der Waals surface area contributed by atoms with Crippen LogP contribution in [-0.2, 0) is 4.79 Å². The zero-order valence-corrected chi connectivity index (χ0v) is 11.5. The number of nitrogens with one attached hydrogen (secondary N) is 1. The van der Waals surface area contributed by atoms with E-state index in [1.165, 1.54) is 11.1 Å². The maximum absolute atomic E-state index is 12.2. The average Bonchev–Trinajstić information content (AvgIpc) is 2.85. The molecule has 1 aliphatic rings. The van der Waals surface area contributed by atoms with Crippen LogP contribution in [0.1, 0.15) is 30.9 Å². The Morgan fingerprint density at radius 3 is 2.56 bits per heavy atom. The van der Waals surface area contributed by atoms with Gasteiger partial charge < -0.3 is 10.2 Å². The molecule has 3 nitrogen and oxygen atoms in total. The Morgan fingerprint density at radius 2 is 1.94 bits per heavy atom. The molecule has 1 saturated heterocycles. The van der Waals surface area contributed by atoms with Crippen molar-refractivity contribution in [3.63, 3.8) is 0 Å². The Morgan fingerprint density at radius 1 is 1.28 bits per heavy atom. The fourth-order valence-corrected chi connectivity index (χ4v) is 2.48. The van der Waals surface area contributed by atoms with Gasteiger partial charge in [-0.2, -0.15) is 0 Å². The van der Waals surface area contributed by atoms with Gasteiger partial charge in [0.15, 0.2) is 0 Å². The normalized spacial score (nSPS) is 16.7. The van der Waals surface area contributed by atoms with Crippen molar-refractivity contribution >= 4 is 11.6 Å². The fourth-order valence-electron chi connectivity index (χ4n) is 2.48. The van der Waals surface area contributed by atoms with Crippen molar-refractivity contribution in [1.82, 2.24) is 4.90 Å². The number of nitrogens with zero attached hydrogens (tertiary/aromatic N) is 1. The van der Waals surface area contributed by atoms with Gasteiger partial charge >= 0.3 is 0 Å². The van der Waals surface area contributed by atoms with Gasteiger partial charge in [0.1, 0.15) is 6.04 Å². The SMILES string of the molecule is Cc1ccc(NC(C)C(=O)N2CCCC2)c(C)c1. The van der Waals surface area contributed by atoms with E-state index in [2.05, 4.69) is 37.4 Å². The number of amides is 1. The van der Waals surface area contributed by atoms with E-state index in [0.29, 0.717) is 0 Å². The van der Waals surface area contributed by atoms with Crippen LogP contribution in [-0.4, -0.2) is 29.9 Å². The lowest BCUT2D eigenvalue weighted by atomic mass is 10.1. The summed E-state index contributed by atoms with van der Waals surface area (Å²) in [4.78, 5) is 14.2. The summed E-state index contributed by atoms with van der Waals surface area (Å²) >= 11 is 0. The molecule has 1 fully saturated rings. The van der Waals surface area contributed by atoms with E-state index in [4.69, 9.17) is 0 Å². The molecule has 18 heavy (non-hydrogen) atoms. The third kappa shape index (κ3) is 2.84. The lowest BCUT2D eigenvalue weighted by molar-refractivity contribution is -0.130. The molecule has 0 spiro atoms. The predicted octanol–water partition coefficient (Wildman–Crippen LogP) is 2.73. The lowest BCUT2D eigenvalue weighted by Crippen LogP contribution is -2.39. The molecule has 0 aromatic heterocycles. The summed E-state index contributed by atoms with van der Waals surface area (Å²) in [6, 6.07) is 6.11. The molecule has 1 aromatic carbocycles. The molecular weight excluding hydrogens is 224 g/mol. The summed E-state index contributed by atoms with van der Waals surface area (Å²) in [6.45, 7) is 7.92. The third-order valence-corrected chi connectivity index (χ3v) is 3.54. The quantitative estimate of drug-likeness (QED) is 0.889. The topological polar surface area (TPSA) is 32.3 Å². The Hall–Kier alpha value is -1.51. The zero-order valence-electron chi connectivity index (χ0n) is 11.5. The predicted molar refractivity (Wildman–Crippen MR) is 74.8 cm³/mol. The number of benzene rings is 1. The average molecular weight is 246 g/mol. The van der Waals surface area contributed by atoms with Gasteiger partial charge in [-0.05, 0) is 45.2 Å². The minimum Gasteiger partial charge on any atom is -0.374 e. The van der Waals surface area contributed by atoms with Crippen LogP contribution in [0.2, 0.25) is 0 Å². The van der Waals surface area contributed by atoms with E-state index in [9.17, 15) is 4.79 Å². The Bertz CT molecular complexity index is 436. The first-order valence-electron chi connectivity index (χ1n) is 6.70. The number of aryl methyl sites for hydroxylation is 2. The van der Waals surface area contributed by atoms with Gasteiger partial charge in [0.2, 0.25) is 5.91 Å².